The largest absolute Gasteiger partial charge is 0.493 e. The Bertz CT molecular complexity index is 770. The predicted octanol–water partition coefficient (Wildman–Crippen LogP) is 4.05. The van der Waals surface area contributed by atoms with Gasteiger partial charge in [0.05, 0.1) is 19.1 Å². The number of rotatable bonds is 7. The third-order valence-electron chi connectivity index (χ3n) is 4.53. The highest BCUT2D eigenvalue weighted by molar-refractivity contribution is 5.76. The molecule has 5 nitrogen and oxygen atoms in total. The lowest BCUT2D eigenvalue weighted by Crippen LogP contribution is -2.32. The van der Waals surface area contributed by atoms with Gasteiger partial charge in [0.15, 0.2) is 11.5 Å². The molecule has 5 heteroatoms. The third-order valence-corrected chi connectivity index (χ3v) is 4.53. The van der Waals surface area contributed by atoms with Crippen molar-refractivity contribution in [3.63, 3.8) is 0 Å². The van der Waals surface area contributed by atoms with Crippen LogP contribution < -0.4 is 19.5 Å². The highest BCUT2D eigenvalue weighted by Gasteiger charge is 2.21. The van der Waals surface area contributed by atoms with E-state index in [4.69, 9.17) is 14.2 Å². The average Bonchev–Trinajstić information content (AvgIpc) is 2.67. The SMILES string of the molecule is Cc1ccc(OCCC(=O)N[C@@H](c2ccc3c(c2)OCCO3)C(C)C)cc1. The molecule has 1 heterocycles. The molecule has 1 amide bonds. The summed E-state index contributed by atoms with van der Waals surface area (Å²) in [5.74, 6) is 2.48. The molecule has 0 saturated carbocycles. The number of ether oxygens (including phenoxy) is 3. The van der Waals surface area contributed by atoms with Crippen molar-refractivity contribution >= 4 is 5.91 Å². The smallest absolute Gasteiger partial charge is 0.223 e. The first-order chi connectivity index (χ1) is 13.0. The van der Waals surface area contributed by atoms with E-state index in [1.807, 2.05) is 49.4 Å². The van der Waals surface area contributed by atoms with Crippen LogP contribution in [0.25, 0.3) is 0 Å². The Morgan fingerprint density at radius 2 is 1.78 bits per heavy atom. The summed E-state index contributed by atoms with van der Waals surface area (Å²) in [6, 6.07) is 13.6. The van der Waals surface area contributed by atoms with E-state index in [9.17, 15) is 4.79 Å². The van der Waals surface area contributed by atoms with Gasteiger partial charge in [0.25, 0.3) is 0 Å². The molecule has 0 radical (unpaired) electrons. The van der Waals surface area contributed by atoms with Crippen LogP contribution in [0.4, 0.5) is 0 Å². The predicted molar refractivity (Wildman–Crippen MR) is 104 cm³/mol. The molecule has 0 unspecified atom stereocenters. The first-order valence-corrected chi connectivity index (χ1v) is 9.41. The summed E-state index contributed by atoms with van der Waals surface area (Å²) >= 11 is 0. The monoisotopic (exact) mass is 369 g/mol. The lowest BCUT2D eigenvalue weighted by atomic mass is 9.95. The topological polar surface area (TPSA) is 56.8 Å². The van der Waals surface area contributed by atoms with E-state index >= 15 is 0 Å². The summed E-state index contributed by atoms with van der Waals surface area (Å²) in [5, 5.41) is 3.12. The summed E-state index contributed by atoms with van der Waals surface area (Å²) in [7, 11) is 0. The Kier molecular flexibility index (Phi) is 6.22. The number of nitrogens with one attached hydrogen (secondary N) is 1. The van der Waals surface area contributed by atoms with Gasteiger partial charge in [-0.2, -0.15) is 0 Å². The Labute approximate surface area is 160 Å². The first kappa shape index (κ1) is 19.1. The normalized spacial score (nSPS) is 13.9. The van der Waals surface area contributed by atoms with Crippen LogP contribution in [-0.2, 0) is 4.79 Å². The molecule has 1 aliphatic heterocycles. The maximum Gasteiger partial charge on any atom is 0.223 e. The van der Waals surface area contributed by atoms with E-state index in [1.165, 1.54) is 5.56 Å². The van der Waals surface area contributed by atoms with E-state index < -0.39 is 0 Å². The van der Waals surface area contributed by atoms with Gasteiger partial charge in [-0.25, -0.2) is 0 Å². The lowest BCUT2D eigenvalue weighted by Gasteiger charge is -2.25. The second-order valence-corrected chi connectivity index (χ2v) is 7.10. The molecule has 144 valence electrons. The second kappa shape index (κ2) is 8.80. The molecule has 0 fully saturated rings. The van der Waals surface area contributed by atoms with E-state index in [1.54, 1.807) is 0 Å². The van der Waals surface area contributed by atoms with Gasteiger partial charge >= 0.3 is 0 Å². The summed E-state index contributed by atoms with van der Waals surface area (Å²) in [6.07, 6.45) is 0.307. The molecule has 1 aliphatic rings. The van der Waals surface area contributed by atoms with E-state index in [2.05, 4.69) is 19.2 Å². The van der Waals surface area contributed by atoms with Crippen LogP contribution in [0.15, 0.2) is 42.5 Å². The van der Waals surface area contributed by atoms with E-state index in [-0.39, 0.29) is 17.9 Å². The Morgan fingerprint density at radius 3 is 2.48 bits per heavy atom. The molecule has 2 aromatic rings. The standard InChI is InChI=1S/C22H27NO4/c1-15(2)22(17-6-9-19-20(14-17)27-13-12-26-19)23-21(24)10-11-25-18-7-4-16(3)5-8-18/h4-9,14-15,22H,10-13H2,1-3H3,(H,23,24)/t22-/m1/s1. The van der Waals surface area contributed by atoms with Crippen molar-refractivity contribution in [1.29, 1.82) is 0 Å². The summed E-state index contributed by atoms with van der Waals surface area (Å²) in [4.78, 5) is 12.4. The molecular formula is C22H27NO4. The maximum absolute atomic E-state index is 12.4. The fraction of sp³-hybridized carbons (Fsp3) is 0.409. The van der Waals surface area contributed by atoms with Crippen LogP contribution in [0.3, 0.4) is 0 Å². The molecule has 2 aromatic carbocycles. The number of amides is 1. The number of carbonyl (C=O) groups is 1. The Balaban J connectivity index is 1.57. The minimum Gasteiger partial charge on any atom is -0.493 e. The molecule has 0 spiro atoms. The zero-order valence-electron chi connectivity index (χ0n) is 16.2. The van der Waals surface area contributed by atoms with Gasteiger partial charge in [-0.05, 0) is 42.7 Å². The van der Waals surface area contributed by atoms with Crippen LogP contribution in [0.2, 0.25) is 0 Å². The molecule has 0 bridgehead atoms. The van der Waals surface area contributed by atoms with Gasteiger partial charge < -0.3 is 19.5 Å². The van der Waals surface area contributed by atoms with Gasteiger partial charge in [0.1, 0.15) is 19.0 Å². The molecule has 0 aromatic heterocycles. The van der Waals surface area contributed by atoms with Crippen molar-refractivity contribution in [2.24, 2.45) is 5.92 Å². The van der Waals surface area contributed by atoms with Crippen LogP contribution in [0.1, 0.15) is 37.4 Å². The minimum atomic E-state index is -0.0901. The van der Waals surface area contributed by atoms with E-state index in [0.29, 0.717) is 26.2 Å². The summed E-state index contributed by atoms with van der Waals surface area (Å²) in [6.45, 7) is 7.67. The zero-order valence-corrected chi connectivity index (χ0v) is 16.2. The molecule has 1 atom stereocenters. The quantitative estimate of drug-likeness (QED) is 0.800. The van der Waals surface area contributed by atoms with Crippen molar-refractivity contribution in [2.45, 2.75) is 33.2 Å². The molecule has 1 N–H and O–H groups in total. The maximum atomic E-state index is 12.4. The highest BCUT2D eigenvalue weighted by Crippen LogP contribution is 2.34. The van der Waals surface area contributed by atoms with Crippen molar-refractivity contribution in [1.82, 2.24) is 5.32 Å². The van der Waals surface area contributed by atoms with Crippen LogP contribution in [0.5, 0.6) is 17.2 Å². The lowest BCUT2D eigenvalue weighted by molar-refractivity contribution is -0.122. The van der Waals surface area contributed by atoms with Crippen LogP contribution >= 0.6 is 0 Å². The number of aryl methyl sites for hydroxylation is 1. The fourth-order valence-corrected chi connectivity index (χ4v) is 3.03. The van der Waals surface area contributed by atoms with Crippen LogP contribution in [0, 0.1) is 12.8 Å². The van der Waals surface area contributed by atoms with Crippen molar-refractivity contribution in [3.8, 4) is 17.2 Å². The van der Waals surface area contributed by atoms with Gasteiger partial charge in [-0.15, -0.1) is 0 Å². The minimum absolute atomic E-state index is 0.0318. The van der Waals surface area contributed by atoms with Crippen molar-refractivity contribution in [3.05, 3.63) is 53.6 Å². The van der Waals surface area contributed by atoms with Gasteiger partial charge in [0, 0.05) is 0 Å². The average molecular weight is 369 g/mol. The first-order valence-electron chi connectivity index (χ1n) is 9.41. The van der Waals surface area contributed by atoms with E-state index in [0.717, 1.165) is 22.8 Å². The third kappa shape index (κ3) is 5.16. The zero-order chi connectivity index (χ0) is 19.2. The summed E-state index contributed by atoms with van der Waals surface area (Å²) in [5.41, 5.74) is 2.20. The number of fused-ring (bicyclic) bond motifs is 1. The van der Waals surface area contributed by atoms with Crippen molar-refractivity contribution < 1.29 is 19.0 Å². The molecular weight excluding hydrogens is 342 g/mol. The number of hydrogen-bond acceptors (Lipinski definition) is 4. The van der Waals surface area contributed by atoms with Gasteiger partial charge in [-0.1, -0.05) is 37.6 Å². The highest BCUT2D eigenvalue weighted by atomic mass is 16.6. The van der Waals surface area contributed by atoms with Gasteiger partial charge in [0.2, 0.25) is 5.91 Å². The van der Waals surface area contributed by atoms with Crippen molar-refractivity contribution in [2.75, 3.05) is 19.8 Å². The number of carbonyl (C=O) groups excluding carboxylic acids is 1. The summed E-state index contributed by atoms with van der Waals surface area (Å²) < 4.78 is 16.9. The van der Waals surface area contributed by atoms with Gasteiger partial charge in [-0.3, -0.25) is 4.79 Å². The molecule has 27 heavy (non-hydrogen) atoms. The second-order valence-electron chi connectivity index (χ2n) is 7.10. The molecule has 3 rings (SSSR count). The molecule has 0 saturated heterocycles. The Morgan fingerprint density at radius 1 is 1.07 bits per heavy atom. The number of benzene rings is 2. The van der Waals surface area contributed by atoms with Crippen LogP contribution in [-0.4, -0.2) is 25.7 Å². The Hall–Kier alpha value is -2.69. The molecule has 0 aliphatic carbocycles. The number of hydrogen-bond donors (Lipinski definition) is 1. The fourth-order valence-electron chi connectivity index (χ4n) is 3.03.